The Kier molecular flexibility index (Phi) is 6.08. The zero-order valence-corrected chi connectivity index (χ0v) is 14.8. The summed E-state index contributed by atoms with van der Waals surface area (Å²) in [6.45, 7) is 5.78. The van der Waals surface area contributed by atoms with E-state index in [0.717, 1.165) is 18.0 Å². The summed E-state index contributed by atoms with van der Waals surface area (Å²) in [4.78, 5) is 13.7. The van der Waals surface area contributed by atoms with Crippen LogP contribution in [-0.2, 0) is 9.53 Å². The summed E-state index contributed by atoms with van der Waals surface area (Å²) >= 11 is 7.09. The molecular weight excluding hydrogens is 316 g/mol. The van der Waals surface area contributed by atoms with Crippen molar-refractivity contribution in [2.45, 2.75) is 25.0 Å². The van der Waals surface area contributed by atoms with Gasteiger partial charge in [0.25, 0.3) is 0 Å². The predicted octanol–water partition coefficient (Wildman–Crippen LogP) is 3.10. The second-order valence-corrected chi connectivity index (χ2v) is 7.23. The number of benzene rings is 1. The van der Waals surface area contributed by atoms with E-state index in [4.69, 9.17) is 17.0 Å². The highest BCUT2D eigenvalue weighted by molar-refractivity contribution is 8.00. The van der Waals surface area contributed by atoms with Crippen LogP contribution in [0.15, 0.2) is 24.3 Å². The molecule has 22 heavy (non-hydrogen) atoms. The normalized spacial score (nSPS) is 18.2. The minimum absolute atomic E-state index is 0.165. The van der Waals surface area contributed by atoms with Gasteiger partial charge in [-0.15, -0.1) is 11.8 Å². The molecule has 0 bridgehead atoms. The highest BCUT2D eigenvalue weighted by Gasteiger charge is 2.28. The minimum Gasteiger partial charge on any atom is -0.468 e. The maximum atomic E-state index is 11.7. The maximum Gasteiger partial charge on any atom is 0.320 e. The number of hydrogen-bond donors (Lipinski definition) is 1. The van der Waals surface area contributed by atoms with Crippen LogP contribution in [0.25, 0.3) is 0 Å². The Bertz CT molecular complexity index is 531. The van der Waals surface area contributed by atoms with Gasteiger partial charge in [-0.05, 0) is 35.8 Å². The number of carbonyl (C=O) groups excluding carboxylic acids is 1. The minimum atomic E-state index is -0.182. The van der Waals surface area contributed by atoms with Crippen molar-refractivity contribution >= 4 is 40.7 Å². The van der Waals surface area contributed by atoms with Gasteiger partial charge in [0.2, 0.25) is 0 Å². The molecule has 1 atom stereocenters. The second-order valence-electron chi connectivity index (χ2n) is 5.54. The summed E-state index contributed by atoms with van der Waals surface area (Å²) in [7, 11) is 1.43. The molecular formula is C16H22N2O2S2. The smallest absolute Gasteiger partial charge is 0.320 e. The predicted molar refractivity (Wildman–Crippen MR) is 96.6 cm³/mol. The van der Waals surface area contributed by atoms with Gasteiger partial charge in [0.15, 0.2) is 5.11 Å². The third-order valence-electron chi connectivity index (χ3n) is 3.65. The Labute approximate surface area is 141 Å². The van der Waals surface area contributed by atoms with Crippen molar-refractivity contribution in [3.05, 3.63) is 29.8 Å². The number of nitrogens with one attached hydrogen (secondary N) is 1. The van der Waals surface area contributed by atoms with Crippen LogP contribution in [-0.4, -0.2) is 47.2 Å². The highest BCUT2D eigenvalue weighted by Crippen LogP contribution is 2.21. The first-order valence-corrected chi connectivity index (χ1v) is 8.82. The van der Waals surface area contributed by atoms with Gasteiger partial charge in [-0.25, -0.2) is 0 Å². The fourth-order valence-corrected chi connectivity index (χ4v) is 3.67. The number of thioether (sulfide) groups is 1. The molecule has 0 radical (unpaired) electrons. The molecule has 0 aromatic heterocycles. The van der Waals surface area contributed by atoms with Crippen LogP contribution in [0.1, 0.15) is 25.3 Å². The number of nitrogens with zero attached hydrogens (tertiary/aromatic N) is 1. The first-order chi connectivity index (χ1) is 10.5. The second kappa shape index (κ2) is 7.83. The average Bonchev–Trinajstić information content (AvgIpc) is 2.54. The first-order valence-electron chi connectivity index (χ1n) is 7.36. The monoisotopic (exact) mass is 338 g/mol. The van der Waals surface area contributed by atoms with Crippen LogP contribution < -0.4 is 5.32 Å². The maximum absolute atomic E-state index is 11.7. The molecule has 1 N–H and O–H groups in total. The van der Waals surface area contributed by atoms with Gasteiger partial charge < -0.3 is 15.0 Å². The number of esters is 1. The van der Waals surface area contributed by atoms with Crippen molar-refractivity contribution in [2.24, 2.45) is 0 Å². The molecule has 0 amide bonds. The molecule has 0 unspecified atom stereocenters. The van der Waals surface area contributed by atoms with Crippen molar-refractivity contribution in [1.82, 2.24) is 4.90 Å². The highest BCUT2D eigenvalue weighted by atomic mass is 32.2. The Morgan fingerprint density at radius 2 is 2.09 bits per heavy atom. The van der Waals surface area contributed by atoms with Crippen molar-refractivity contribution in [3.8, 4) is 0 Å². The van der Waals surface area contributed by atoms with E-state index in [1.165, 1.54) is 12.7 Å². The van der Waals surface area contributed by atoms with E-state index >= 15 is 0 Å². The van der Waals surface area contributed by atoms with Gasteiger partial charge >= 0.3 is 5.97 Å². The summed E-state index contributed by atoms with van der Waals surface area (Å²) in [6.07, 6.45) is 0. The first kappa shape index (κ1) is 17.1. The largest absolute Gasteiger partial charge is 0.468 e. The molecule has 1 fully saturated rings. The molecule has 1 aromatic rings. The van der Waals surface area contributed by atoms with E-state index in [0.29, 0.717) is 17.6 Å². The Morgan fingerprint density at radius 1 is 1.41 bits per heavy atom. The summed E-state index contributed by atoms with van der Waals surface area (Å²) < 4.78 is 4.82. The average molecular weight is 338 g/mol. The SMILES string of the molecule is COC(=O)[C@@H]1CN(C(=S)Nc2ccc(C(C)C)cc2)CCS1. The van der Waals surface area contributed by atoms with Crippen molar-refractivity contribution in [3.63, 3.8) is 0 Å². The lowest BCUT2D eigenvalue weighted by atomic mass is 10.0. The fraction of sp³-hybridized carbons (Fsp3) is 0.500. The van der Waals surface area contributed by atoms with E-state index in [2.05, 4.69) is 31.3 Å². The molecule has 4 nitrogen and oxygen atoms in total. The Balaban J connectivity index is 1.95. The van der Waals surface area contributed by atoms with Gasteiger partial charge in [-0.2, -0.15) is 0 Å². The van der Waals surface area contributed by atoms with Crippen LogP contribution in [0.5, 0.6) is 0 Å². The lowest BCUT2D eigenvalue weighted by molar-refractivity contribution is -0.140. The summed E-state index contributed by atoms with van der Waals surface area (Å²) in [5, 5.41) is 3.75. The fourth-order valence-electron chi connectivity index (χ4n) is 2.26. The number of methoxy groups -OCH3 is 1. The Morgan fingerprint density at radius 3 is 2.68 bits per heavy atom. The molecule has 1 saturated heterocycles. The number of carbonyl (C=O) groups is 1. The van der Waals surface area contributed by atoms with E-state index in [1.54, 1.807) is 11.8 Å². The van der Waals surface area contributed by atoms with E-state index in [9.17, 15) is 4.79 Å². The molecule has 0 spiro atoms. The standard InChI is InChI=1S/C16H22N2O2S2/c1-11(2)12-4-6-13(7-5-12)17-16(21)18-8-9-22-14(10-18)15(19)20-3/h4-7,11,14H,8-10H2,1-3H3,(H,17,21)/t14-/m0/s1. The van der Waals surface area contributed by atoms with Crippen molar-refractivity contribution < 1.29 is 9.53 Å². The zero-order chi connectivity index (χ0) is 16.1. The lowest BCUT2D eigenvalue weighted by Crippen LogP contribution is -2.46. The number of ether oxygens (including phenoxy) is 1. The molecule has 1 heterocycles. The molecule has 1 aromatic carbocycles. The van der Waals surface area contributed by atoms with Gasteiger partial charge in [-0.1, -0.05) is 26.0 Å². The Hall–Kier alpha value is -1.27. The van der Waals surface area contributed by atoms with Crippen LogP contribution >= 0.6 is 24.0 Å². The van der Waals surface area contributed by atoms with Crippen molar-refractivity contribution in [1.29, 1.82) is 0 Å². The van der Waals surface area contributed by atoms with Gasteiger partial charge in [0.05, 0.1) is 7.11 Å². The van der Waals surface area contributed by atoms with Gasteiger partial charge in [-0.3, -0.25) is 4.79 Å². The third-order valence-corrected chi connectivity index (χ3v) is 5.17. The zero-order valence-electron chi connectivity index (χ0n) is 13.2. The van der Waals surface area contributed by atoms with Crippen LogP contribution in [0.3, 0.4) is 0 Å². The topological polar surface area (TPSA) is 41.6 Å². The van der Waals surface area contributed by atoms with Crippen LogP contribution in [0, 0.1) is 0 Å². The number of anilines is 1. The molecule has 1 aliphatic rings. The lowest BCUT2D eigenvalue weighted by Gasteiger charge is -2.33. The molecule has 6 heteroatoms. The summed E-state index contributed by atoms with van der Waals surface area (Å²) in [6, 6.07) is 8.30. The van der Waals surface area contributed by atoms with Crippen LogP contribution in [0.4, 0.5) is 5.69 Å². The van der Waals surface area contributed by atoms with Crippen LogP contribution in [0.2, 0.25) is 0 Å². The van der Waals surface area contributed by atoms with Gasteiger partial charge in [0, 0.05) is 24.5 Å². The number of rotatable bonds is 3. The van der Waals surface area contributed by atoms with Crippen molar-refractivity contribution in [2.75, 3.05) is 31.3 Å². The molecule has 0 aliphatic carbocycles. The third kappa shape index (κ3) is 4.36. The molecule has 120 valence electrons. The number of hydrogen-bond acceptors (Lipinski definition) is 4. The molecule has 1 aliphatic heterocycles. The van der Waals surface area contributed by atoms with E-state index in [1.807, 2.05) is 17.0 Å². The quantitative estimate of drug-likeness (QED) is 0.675. The van der Waals surface area contributed by atoms with Gasteiger partial charge in [0.1, 0.15) is 5.25 Å². The van der Waals surface area contributed by atoms with E-state index in [-0.39, 0.29) is 11.2 Å². The number of thiocarbonyl (C=S) groups is 1. The summed E-state index contributed by atoms with van der Waals surface area (Å²) in [5.74, 6) is 1.20. The summed E-state index contributed by atoms with van der Waals surface area (Å²) in [5.41, 5.74) is 2.28. The molecule has 2 rings (SSSR count). The van der Waals surface area contributed by atoms with E-state index < -0.39 is 0 Å². The molecule has 0 saturated carbocycles.